The van der Waals surface area contributed by atoms with Gasteiger partial charge in [-0.15, -0.1) is 0 Å². The van der Waals surface area contributed by atoms with Crippen LogP contribution < -0.4 is 5.32 Å². The van der Waals surface area contributed by atoms with Crippen molar-refractivity contribution in [3.8, 4) is 11.8 Å². The lowest BCUT2D eigenvalue weighted by molar-refractivity contribution is -0.115. The van der Waals surface area contributed by atoms with Gasteiger partial charge in [0.15, 0.2) is 0 Å². The molecule has 1 N–H and O–H groups in total. The minimum absolute atomic E-state index is 0.0544. The maximum Gasteiger partial charge on any atom is 0.296 e. The number of halogens is 2. The highest BCUT2D eigenvalue weighted by Crippen LogP contribution is 2.23. The third-order valence-electron chi connectivity index (χ3n) is 4.05. The molecular weight excluding hydrogens is 377 g/mol. The van der Waals surface area contributed by atoms with Crippen LogP contribution in [0.25, 0.3) is 0 Å². The molecule has 0 aliphatic heterocycles. The Morgan fingerprint density at radius 2 is 1.37 bits per heavy atom. The second-order valence-electron chi connectivity index (χ2n) is 5.99. The summed E-state index contributed by atoms with van der Waals surface area (Å²) in [6, 6.07) is 25.1. The summed E-state index contributed by atoms with van der Waals surface area (Å²) in [6.45, 7) is 0.456. The highest BCUT2D eigenvalue weighted by Gasteiger charge is 2.14. The molecule has 0 radical (unpaired) electrons. The van der Waals surface area contributed by atoms with Crippen molar-refractivity contribution in [1.29, 1.82) is 0 Å². The summed E-state index contributed by atoms with van der Waals surface area (Å²) in [6.07, 6.45) is 0. The van der Waals surface area contributed by atoms with E-state index in [-0.39, 0.29) is 11.8 Å². The summed E-state index contributed by atoms with van der Waals surface area (Å²) in [5.41, 5.74) is 2.88. The molecular formula is C23H17Cl2NO. The van der Waals surface area contributed by atoms with Crippen molar-refractivity contribution in [3.05, 3.63) is 106 Å². The summed E-state index contributed by atoms with van der Waals surface area (Å²) in [5, 5.41) is 3.87. The van der Waals surface area contributed by atoms with Gasteiger partial charge in [-0.05, 0) is 29.3 Å². The molecule has 3 aromatic carbocycles. The first-order chi connectivity index (χ1) is 13.1. The van der Waals surface area contributed by atoms with E-state index in [1.165, 1.54) is 0 Å². The maximum absolute atomic E-state index is 12.2. The lowest BCUT2D eigenvalue weighted by atomic mass is 9.91. The van der Waals surface area contributed by atoms with Gasteiger partial charge < -0.3 is 5.32 Å². The average molecular weight is 394 g/mol. The number of carbonyl (C=O) groups is 1. The fourth-order valence-electron chi connectivity index (χ4n) is 2.79. The van der Waals surface area contributed by atoms with E-state index in [9.17, 15) is 4.79 Å². The highest BCUT2D eigenvalue weighted by molar-refractivity contribution is 6.34. The van der Waals surface area contributed by atoms with Gasteiger partial charge in [0.1, 0.15) is 0 Å². The van der Waals surface area contributed by atoms with Crippen LogP contribution in [0.2, 0.25) is 10.0 Å². The minimum Gasteiger partial charge on any atom is -0.344 e. The number of hydrogen-bond acceptors (Lipinski definition) is 1. The Hall–Kier alpha value is -2.73. The minimum atomic E-state index is -0.344. The molecule has 0 aromatic heterocycles. The average Bonchev–Trinajstić information content (AvgIpc) is 2.67. The van der Waals surface area contributed by atoms with Crippen LogP contribution in [0.15, 0.2) is 78.9 Å². The second kappa shape index (κ2) is 9.28. The van der Waals surface area contributed by atoms with Crippen molar-refractivity contribution < 1.29 is 4.79 Å². The van der Waals surface area contributed by atoms with E-state index in [2.05, 4.69) is 41.4 Å². The molecule has 0 aliphatic rings. The molecule has 3 rings (SSSR count). The first kappa shape index (κ1) is 19.0. The molecule has 134 valence electrons. The highest BCUT2D eigenvalue weighted by atomic mass is 35.5. The number of carbonyl (C=O) groups excluding carboxylic acids is 1. The Kier molecular flexibility index (Phi) is 6.54. The van der Waals surface area contributed by atoms with Gasteiger partial charge in [0, 0.05) is 34.0 Å². The van der Waals surface area contributed by atoms with Gasteiger partial charge in [-0.1, -0.05) is 89.8 Å². The molecule has 3 aromatic rings. The van der Waals surface area contributed by atoms with Crippen LogP contribution in [0, 0.1) is 11.8 Å². The fourth-order valence-corrected chi connectivity index (χ4v) is 3.32. The molecule has 0 fully saturated rings. The third kappa shape index (κ3) is 5.62. The SMILES string of the molecule is O=C(C#Cc1cc(Cl)cc(Cl)c1)NCC(c1ccccc1)c1ccccc1. The zero-order chi connectivity index (χ0) is 19.1. The molecule has 0 atom stereocenters. The quantitative estimate of drug-likeness (QED) is 0.599. The van der Waals surface area contributed by atoms with Crippen LogP contribution in [0.4, 0.5) is 0 Å². The van der Waals surface area contributed by atoms with Gasteiger partial charge in [0.2, 0.25) is 0 Å². The van der Waals surface area contributed by atoms with Gasteiger partial charge in [0.25, 0.3) is 5.91 Å². The van der Waals surface area contributed by atoms with Crippen molar-refractivity contribution >= 4 is 29.1 Å². The maximum atomic E-state index is 12.2. The van der Waals surface area contributed by atoms with Crippen LogP contribution in [0.3, 0.4) is 0 Å². The zero-order valence-electron chi connectivity index (χ0n) is 14.5. The fraction of sp³-hybridized carbons (Fsp3) is 0.0870. The number of hydrogen-bond donors (Lipinski definition) is 1. The monoisotopic (exact) mass is 393 g/mol. The Morgan fingerprint density at radius 1 is 0.852 bits per heavy atom. The van der Waals surface area contributed by atoms with E-state index in [0.29, 0.717) is 22.2 Å². The summed E-state index contributed by atoms with van der Waals surface area (Å²) in [5.74, 6) is 5.10. The lowest BCUT2D eigenvalue weighted by Gasteiger charge is -2.18. The normalized spacial score (nSPS) is 10.2. The number of benzene rings is 3. The van der Waals surface area contributed by atoms with Crippen molar-refractivity contribution in [1.82, 2.24) is 5.32 Å². The molecule has 2 nitrogen and oxygen atoms in total. The Balaban J connectivity index is 1.72. The van der Waals surface area contributed by atoms with Crippen LogP contribution in [-0.4, -0.2) is 12.5 Å². The lowest BCUT2D eigenvalue weighted by Crippen LogP contribution is -2.27. The van der Waals surface area contributed by atoms with Gasteiger partial charge >= 0.3 is 0 Å². The van der Waals surface area contributed by atoms with Crippen LogP contribution >= 0.6 is 23.2 Å². The topological polar surface area (TPSA) is 29.1 Å². The van der Waals surface area contributed by atoms with Gasteiger partial charge in [-0.2, -0.15) is 0 Å². The first-order valence-electron chi connectivity index (χ1n) is 8.47. The third-order valence-corrected chi connectivity index (χ3v) is 4.49. The summed E-state index contributed by atoms with van der Waals surface area (Å²) >= 11 is 11.9. The van der Waals surface area contributed by atoms with E-state index in [0.717, 1.165) is 11.1 Å². The zero-order valence-corrected chi connectivity index (χ0v) is 16.0. The van der Waals surface area contributed by atoms with Gasteiger partial charge in [-0.3, -0.25) is 4.79 Å². The standard InChI is InChI=1S/C23H17Cl2NO/c24-20-13-17(14-21(25)15-20)11-12-23(27)26-16-22(18-7-3-1-4-8-18)19-9-5-2-6-10-19/h1-10,13-15,22H,16H2,(H,26,27). The second-order valence-corrected chi connectivity index (χ2v) is 6.86. The van der Waals surface area contributed by atoms with Crippen LogP contribution in [0.1, 0.15) is 22.6 Å². The molecule has 4 heteroatoms. The molecule has 1 amide bonds. The van der Waals surface area contributed by atoms with E-state index in [4.69, 9.17) is 23.2 Å². The predicted octanol–water partition coefficient (Wildman–Crippen LogP) is 5.29. The molecule has 0 bridgehead atoms. The largest absolute Gasteiger partial charge is 0.344 e. The van der Waals surface area contributed by atoms with Crippen molar-refractivity contribution in [2.45, 2.75) is 5.92 Å². The van der Waals surface area contributed by atoms with Crippen LogP contribution in [-0.2, 0) is 4.79 Å². The molecule has 0 aliphatic carbocycles. The number of rotatable bonds is 4. The van der Waals surface area contributed by atoms with E-state index < -0.39 is 0 Å². The van der Waals surface area contributed by atoms with E-state index >= 15 is 0 Å². The number of amides is 1. The Morgan fingerprint density at radius 3 is 1.89 bits per heavy atom. The van der Waals surface area contributed by atoms with Gasteiger partial charge in [0.05, 0.1) is 0 Å². The van der Waals surface area contributed by atoms with E-state index in [1.807, 2.05) is 36.4 Å². The number of nitrogens with one attached hydrogen (secondary N) is 1. The molecule has 0 saturated heterocycles. The smallest absolute Gasteiger partial charge is 0.296 e. The Labute approximate surface area is 169 Å². The molecule has 27 heavy (non-hydrogen) atoms. The summed E-state index contributed by atoms with van der Waals surface area (Å²) in [4.78, 5) is 12.2. The first-order valence-corrected chi connectivity index (χ1v) is 9.23. The van der Waals surface area contributed by atoms with Crippen molar-refractivity contribution in [2.75, 3.05) is 6.54 Å². The summed E-state index contributed by atoms with van der Waals surface area (Å²) in [7, 11) is 0. The summed E-state index contributed by atoms with van der Waals surface area (Å²) < 4.78 is 0. The van der Waals surface area contributed by atoms with Crippen molar-refractivity contribution in [3.63, 3.8) is 0 Å². The molecule has 0 unspecified atom stereocenters. The molecule has 0 heterocycles. The van der Waals surface area contributed by atoms with Crippen LogP contribution in [0.5, 0.6) is 0 Å². The van der Waals surface area contributed by atoms with Crippen molar-refractivity contribution in [2.24, 2.45) is 0 Å². The van der Waals surface area contributed by atoms with E-state index in [1.54, 1.807) is 18.2 Å². The predicted molar refractivity (Wildman–Crippen MR) is 111 cm³/mol. The molecule has 0 saturated carbocycles. The molecule has 0 spiro atoms. The Bertz CT molecular complexity index is 916. The van der Waals surface area contributed by atoms with Gasteiger partial charge in [-0.25, -0.2) is 0 Å².